The number of benzene rings is 2. The molecule has 148 valence electrons. The van der Waals surface area contributed by atoms with E-state index in [4.69, 9.17) is 4.74 Å². The van der Waals surface area contributed by atoms with Gasteiger partial charge in [-0.05, 0) is 35.4 Å². The number of carboxylic acids is 1. The molecule has 1 N–H and O–H groups in total. The molecule has 0 aliphatic carbocycles. The quantitative estimate of drug-likeness (QED) is 0.838. The fourth-order valence-electron chi connectivity index (χ4n) is 3.62. The number of likely N-dealkylation sites (N-methyl/N-ethyl adjacent to an activating group) is 1. The molecule has 1 atom stereocenters. The van der Waals surface area contributed by atoms with Crippen LogP contribution in [0.1, 0.15) is 22.0 Å². The van der Waals surface area contributed by atoms with Crippen LogP contribution >= 0.6 is 0 Å². The van der Waals surface area contributed by atoms with Crippen LogP contribution in [0.15, 0.2) is 59.8 Å². The van der Waals surface area contributed by atoms with E-state index in [1.807, 2.05) is 0 Å². The molecule has 0 spiro atoms. The van der Waals surface area contributed by atoms with E-state index < -0.39 is 12.0 Å². The van der Waals surface area contributed by atoms with Gasteiger partial charge in [0.2, 0.25) is 0 Å². The standard InChI is InChI=1S/C21H19N3O5/c1-23-16-11-24(14-5-3-4-13(10-14)20(26)27)19(25)17(16)18(22-21(23)28)12-6-8-15(29-2)9-7-12/h3-10,18H,11H2,1-2H3,(H,22,28)(H,26,27)/p-1/t18-/m0/s1. The van der Waals surface area contributed by atoms with Gasteiger partial charge in [0.05, 0.1) is 36.9 Å². The average Bonchev–Trinajstić information content (AvgIpc) is 3.08. The lowest BCUT2D eigenvalue weighted by atomic mass is 9.95. The number of nitrogens with zero attached hydrogens (tertiary/aromatic N) is 2. The van der Waals surface area contributed by atoms with Gasteiger partial charge in [0.15, 0.2) is 0 Å². The fraction of sp³-hybridized carbons (Fsp3) is 0.190. The summed E-state index contributed by atoms with van der Waals surface area (Å²) in [5.74, 6) is -0.940. The number of methoxy groups -OCH3 is 1. The zero-order valence-electron chi connectivity index (χ0n) is 15.8. The zero-order valence-corrected chi connectivity index (χ0v) is 15.8. The monoisotopic (exact) mass is 392 g/mol. The van der Waals surface area contributed by atoms with Crippen molar-refractivity contribution in [2.45, 2.75) is 6.04 Å². The summed E-state index contributed by atoms with van der Waals surface area (Å²) in [6.45, 7) is 0.168. The van der Waals surface area contributed by atoms with Crippen LogP contribution < -0.4 is 20.1 Å². The Labute approximate surface area is 167 Å². The van der Waals surface area contributed by atoms with Gasteiger partial charge in [-0.25, -0.2) is 4.79 Å². The first-order valence-electron chi connectivity index (χ1n) is 8.95. The topological polar surface area (TPSA) is 102 Å². The van der Waals surface area contributed by atoms with Crippen molar-refractivity contribution >= 4 is 23.6 Å². The highest BCUT2D eigenvalue weighted by Gasteiger charge is 2.43. The maximum atomic E-state index is 13.3. The third kappa shape index (κ3) is 3.08. The van der Waals surface area contributed by atoms with E-state index in [1.54, 1.807) is 50.6 Å². The number of carbonyl (C=O) groups is 3. The summed E-state index contributed by atoms with van der Waals surface area (Å²) in [5.41, 5.74) is 2.20. The molecule has 0 saturated heterocycles. The summed E-state index contributed by atoms with van der Waals surface area (Å²) in [7, 11) is 3.16. The first kappa shape index (κ1) is 18.5. The van der Waals surface area contributed by atoms with Gasteiger partial charge in [-0.1, -0.05) is 24.3 Å². The van der Waals surface area contributed by atoms with Crippen molar-refractivity contribution in [3.8, 4) is 5.75 Å². The van der Waals surface area contributed by atoms with Crippen molar-refractivity contribution in [3.63, 3.8) is 0 Å². The van der Waals surface area contributed by atoms with Crippen LogP contribution in [0, 0.1) is 0 Å². The highest BCUT2D eigenvalue weighted by Crippen LogP contribution is 2.38. The van der Waals surface area contributed by atoms with Gasteiger partial charge in [0.1, 0.15) is 5.75 Å². The molecule has 29 heavy (non-hydrogen) atoms. The smallest absolute Gasteiger partial charge is 0.322 e. The molecule has 4 rings (SSSR count). The second-order valence-electron chi connectivity index (χ2n) is 6.80. The van der Waals surface area contributed by atoms with E-state index >= 15 is 0 Å². The van der Waals surface area contributed by atoms with Gasteiger partial charge in [0.25, 0.3) is 5.91 Å². The lowest BCUT2D eigenvalue weighted by Gasteiger charge is -2.31. The van der Waals surface area contributed by atoms with Crippen molar-refractivity contribution in [2.24, 2.45) is 0 Å². The van der Waals surface area contributed by atoms with Crippen LogP contribution in [0.25, 0.3) is 0 Å². The molecular formula is C21H18N3O5-. The first-order valence-corrected chi connectivity index (χ1v) is 8.95. The minimum absolute atomic E-state index is 0.0190. The predicted octanol–water partition coefficient (Wildman–Crippen LogP) is 1.06. The number of hydrogen-bond acceptors (Lipinski definition) is 5. The van der Waals surface area contributed by atoms with E-state index in [0.717, 1.165) is 5.56 Å². The van der Waals surface area contributed by atoms with E-state index in [9.17, 15) is 19.5 Å². The molecule has 0 bridgehead atoms. The van der Waals surface area contributed by atoms with Crippen LogP contribution in [0.2, 0.25) is 0 Å². The number of ether oxygens (including phenoxy) is 1. The van der Waals surface area contributed by atoms with Crippen molar-refractivity contribution in [1.29, 1.82) is 0 Å². The molecule has 0 saturated carbocycles. The Balaban J connectivity index is 1.73. The Kier molecular flexibility index (Phi) is 4.46. The lowest BCUT2D eigenvalue weighted by molar-refractivity contribution is -0.255. The molecule has 2 heterocycles. The van der Waals surface area contributed by atoms with Crippen molar-refractivity contribution in [3.05, 3.63) is 70.9 Å². The van der Waals surface area contributed by atoms with Crippen molar-refractivity contribution < 1.29 is 24.2 Å². The number of carboxylic acid groups (broad SMARTS) is 1. The van der Waals surface area contributed by atoms with E-state index in [1.165, 1.54) is 21.9 Å². The largest absolute Gasteiger partial charge is 0.545 e. The molecule has 2 aliphatic rings. The Morgan fingerprint density at radius 2 is 1.90 bits per heavy atom. The normalized spacial score (nSPS) is 18.6. The van der Waals surface area contributed by atoms with E-state index in [-0.39, 0.29) is 24.0 Å². The highest BCUT2D eigenvalue weighted by atomic mass is 16.5. The minimum atomic E-state index is -1.32. The number of nitrogens with one attached hydrogen (secondary N) is 1. The SMILES string of the molecule is COc1ccc([C@@H]2NC(=O)N(C)C3=C2C(=O)N(c2cccc(C(=O)[O-])c2)C3)cc1. The highest BCUT2D eigenvalue weighted by molar-refractivity contribution is 6.12. The van der Waals surface area contributed by atoms with Crippen LogP contribution in [0.4, 0.5) is 10.5 Å². The number of urea groups is 1. The number of aromatic carboxylic acids is 1. The maximum Gasteiger partial charge on any atom is 0.322 e. The number of rotatable bonds is 4. The third-order valence-corrected chi connectivity index (χ3v) is 5.20. The molecule has 2 aromatic carbocycles. The summed E-state index contributed by atoms with van der Waals surface area (Å²) < 4.78 is 5.17. The van der Waals surface area contributed by atoms with Crippen LogP contribution in [0.5, 0.6) is 5.75 Å². The molecule has 0 unspecified atom stereocenters. The van der Waals surface area contributed by atoms with Gasteiger partial charge in [-0.15, -0.1) is 0 Å². The minimum Gasteiger partial charge on any atom is -0.545 e. The Bertz CT molecular complexity index is 1040. The van der Waals surface area contributed by atoms with Gasteiger partial charge in [-0.3, -0.25) is 9.69 Å². The average molecular weight is 392 g/mol. The first-order chi connectivity index (χ1) is 13.9. The Morgan fingerprint density at radius 1 is 1.17 bits per heavy atom. The summed E-state index contributed by atoms with van der Waals surface area (Å²) in [6, 6.07) is 12.2. The maximum absolute atomic E-state index is 13.3. The predicted molar refractivity (Wildman–Crippen MR) is 102 cm³/mol. The summed E-state index contributed by atoms with van der Waals surface area (Å²) >= 11 is 0. The lowest BCUT2D eigenvalue weighted by Crippen LogP contribution is -2.45. The number of anilines is 1. The van der Waals surface area contributed by atoms with Gasteiger partial charge >= 0.3 is 6.03 Å². The molecule has 3 amide bonds. The molecule has 2 aliphatic heterocycles. The van der Waals surface area contributed by atoms with Crippen LogP contribution in [-0.4, -0.2) is 43.5 Å². The number of carbonyl (C=O) groups excluding carboxylic acids is 3. The van der Waals surface area contributed by atoms with Gasteiger partial charge < -0.3 is 24.9 Å². The molecule has 0 fully saturated rings. The molecule has 2 aromatic rings. The van der Waals surface area contributed by atoms with Crippen molar-refractivity contribution in [1.82, 2.24) is 10.2 Å². The Hall–Kier alpha value is -3.81. The molecule has 8 heteroatoms. The van der Waals surface area contributed by atoms with E-state index in [0.29, 0.717) is 22.7 Å². The van der Waals surface area contributed by atoms with Crippen molar-refractivity contribution in [2.75, 3.05) is 25.6 Å². The zero-order chi connectivity index (χ0) is 20.7. The molecular weight excluding hydrogens is 374 g/mol. The summed E-state index contributed by atoms with van der Waals surface area (Å²) in [5, 5.41) is 14.0. The van der Waals surface area contributed by atoms with Crippen LogP contribution in [0.3, 0.4) is 0 Å². The molecule has 0 aromatic heterocycles. The van der Waals surface area contributed by atoms with Crippen LogP contribution in [-0.2, 0) is 4.79 Å². The second kappa shape index (κ2) is 6.97. The molecule has 0 radical (unpaired) electrons. The Morgan fingerprint density at radius 3 is 2.55 bits per heavy atom. The second-order valence-corrected chi connectivity index (χ2v) is 6.80. The summed E-state index contributed by atoms with van der Waals surface area (Å²) in [4.78, 5) is 39.8. The summed E-state index contributed by atoms with van der Waals surface area (Å²) in [6.07, 6.45) is 0. The third-order valence-electron chi connectivity index (χ3n) is 5.20. The van der Waals surface area contributed by atoms with E-state index in [2.05, 4.69) is 5.32 Å². The fourth-order valence-corrected chi connectivity index (χ4v) is 3.62. The van der Waals surface area contributed by atoms with Gasteiger partial charge in [-0.2, -0.15) is 0 Å². The molecule has 8 nitrogen and oxygen atoms in total. The number of amides is 3. The number of hydrogen-bond donors (Lipinski definition) is 1. The van der Waals surface area contributed by atoms with Gasteiger partial charge in [0, 0.05) is 12.7 Å².